The lowest BCUT2D eigenvalue weighted by Gasteiger charge is -2.22. The first kappa shape index (κ1) is 12.3. The van der Waals surface area contributed by atoms with Crippen LogP contribution in [0.5, 0.6) is 0 Å². The molecule has 7 heteroatoms. The molecule has 0 aliphatic carbocycles. The topological polar surface area (TPSA) is 75.3 Å². The van der Waals surface area contributed by atoms with Crippen LogP contribution in [0.4, 0.5) is 5.13 Å². The maximum atomic E-state index is 12.1. The van der Waals surface area contributed by atoms with Gasteiger partial charge in [-0.05, 0) is 20.0 Å². The Balaban J connectivity index is 2.08. The average Bonchev–Trinajstić information content (AvgIpc) is 2.83. The van der Waals surface area contributed by atoms with E-state index in [0.29, 0.717) is 22.1 Å². The maximum Gasteiger partial charge on any atom is 0.284 e. The summed E-state index contributed by atoms with van der Waals surface area (Å²) in [7, 11) is 4.08. The molecular formula is C10H17N5OS. The van der Waals surface area contributed by atoms with Crippen molar-refractivity contribution in [3.63, 3.8) is 0 Å². The zero-order valence-corrected chi connectivity index (χ0v) is 11.1. The van der Waals surface area contributed by atoms with Crippen molar-refractivity contribution < 1.29 is 4.79 Å². The van der Waals surface area contributed by atoms with Gasteiger partial charge in [-0.3, -0.25) is 4.79 Å². The average molecular weight is 255 g/mol. The predicted octanol–water partition coefficient (Wildman–Crippen LogP) is 0.142. The first-order chi connectivity index (χ1) is 7.99. The molecule has 0 bridgehead atoms. The molecule has 2 rings (SSSR count). The molecule has 1 aromatic rings. The second-order valence-electron chi connectivity index (χ2n) is 4.66. The highest BCUT2D eigenvalue weighted by Crippen LogP contribution is 2.23. The van der Waals surface area contributed by atoms with Gasteiger partial charge in [0.15, 0.2) is 0 Å². The third kappa shape index (κ3) is 2.39. The Morgan fingerprint density at radius 1 is 1.47 bits per heavy atom. The molecule has 94 valence electrons. The van der Waals surface area contributed by atoms with Gasteiger partial charge in [0.2, 0.25) is 10.1 Å². The van der Waals surface area contributed by atoms with E-state index < -0.39 is 0 Å². The van der Waals surface area contributed by atoms with E-state index in [9.17, 15) is 4.79 Å². The molecule has 1 saturated heterocycles. The van der Waals surface area contributed by atoms with Gasteiger partial charge in [0.05, 0.1) is 0 Å². The number of anilines is 1. The van der Waals surface area contributed by atoms with Gasteiger partial charge in [0, 0.05) is 19.1 Å². The molecule has 1 aromatic heterocycles. The van der Waals surface area contributed by atoms with Crippen LogP contribution in [0.25, 0.3) is 0 Å². The molecule has 1 amide bonds. The van der Waals surface area contributed by atoms with E-state index in [1.165, 1.54) is 0 Å². The molecule has 17 heavy (non-hydrogen) atoms. The van der Waals surface area contributed by atoms with Crippen LogP contribution in [-0.4, -0.2) is 59.1 Å². The zero-order chi connectivity index (χ0) is 12.6. The number of carbonyl (C=O) groups excluding carboxylic acids is 1. The van der Waals surface area contributed by atoms with Crippen molar-refractivity contribution in [2.24, 2.45) is 5.92 Å². The van der Waals surface area contributed by atoms with Crippen LogP contribution < -0.4 is 5.73 Å². The molecule has 0 radical (unpaired) electrons. The van der Waals surface area contributed by atoms with Crippen molar-refractivity contribution in [1.29, 1.82) is 0 Å². The van der Waals surface area contributed by atoms with Crippen LogP contribution >= 0.6 is 11.3 Å². The molecule has 2 unspecified atom stereocenters. The second kappa shape index (κ2) is 4.58. The van der Waals surface area contributed by atoms with Gasteiger partial charge < -0.3 is 15.5 Å². The second-order valence-corrected chi connectivity index (χ2v) is 5.67. The van der Waals surface area contributed by atoms with Crippen LogP contribution in [-0.2, 0) is 0 Å². The maximum absolute atomic E-state index is 12.1. The van der Waals surface area contributed by atoms with Crippen molar-refractivity contribution in [1.82, 2.24) is 20.0 Å². The summed E-state index contributed by atoms with van der Waals surface area (Å²) in [6, 6.07) is 0.407. The Morgan fingerprint density at radius 3 is 2.65 bits per heavy atom. The molecular weight excluding hydrogens is 238 g/mol. The monoisotopic (exact) mass is 255 g/mol. The van der Waals surface area contributed by atoms with Crippen LogP contribution in [0, 0.1) is 5.92 Å². The van der Waals surface area contributed by atoms with Gasteiger partial charge >= 0.3 is 0 Å². The number of nitrogen functional groups attached to an aromatic ring is 1. The molecule has 1 aliphatic rings. The van der Waals surface area contributed by atoms with E-state index in [0.717, 1.165) is 24.4 Å². The Morgan fingerprint density at radius 2 is 2.18 bits per heavy atom. The Labute approximate surface area is 104 Å². The minimum atomic E-state index is -0.0598. The number of amides is 1. The first-order valence-electron chi connectivity index (χ1n) is 5.53. The summed E-state index contributed by atoms with van der Waals surface area (Å²) >= 11 is 1.14. The van der Waals surface area contributed by atoms with Gasteiger partial charge in [-0.1, -0.05) is 18.3 Å². The Bertz CT molecular complexity index is 419. The van der Waals surface area contributed by atoms with Crippen molar-refractivity contribution in [3.8, 4) is 0 Å². The van der Waals surface area contributed by atoms with Crippen molar-refractivity contribution in [3.05, 3.63) is 5.01 Å². The van der Waals surface area contributed by atoms with Gasteiger partial charge in [-0.2, -0.15) is 0 Å². The molecule has 6 nitrogen and oxygen atoms in total. The van der Waals surface area contributed by atoms with Gasteiger partial charge in [0.1, 0.15) is 0 Å². The Hall–Kier alpha value is -1.21. The third-order valence-electron chi connectivity index (χ3n) is 3.15. The zero-order valence-electron chi connectivity index (χ0n) is 10.3. The molecule has 0 spiro atoms. The van der Waals surface area contributed by atoms with E-state index >= 15 is 0 Å². The predicted molar refractivity (Wildman–Crippen MR) is 66.9 cm³/mol. The minimum Gasteiger partial charge on any atom is -0.374 e. The first-order valence-corrected chi connectivity index (χ1v) is 6.35. The molecule has 2 heterocycles. The van der Waals surface area contributed by atoms with Crippen molar-refractivity contribution >= 4 is 22.4 Å². The summed E-state index contributed by atoms with van der Waals surface area (Å²) in [5.74, 6) is 0.412. The highest BCUT2D eigenvalue weighted by atomic mass is 32.1. The highest BCUT2D eigenvalue weighted by Gasteiger charge is 2.34. The van der Waals surface area contributed by atoms with E-state index in [4.69, 9.17) is 5.73 Å². The third-order valence-corrected chi connectivity index (χ3v) is 3.89. The van der Waals surface area contributed by atoms with E-state index in [-0.39, 0.29) is 5.91 Å². The number of hydrogen-bond donors (Lipinski definition) is 1. The van der Waals surface area contributed by atoms with Crippen molar-refractivity contribution in [2.75, 3.05) is 32.9 Å². The van der Waals surface area contributed by atoms with Gasteiger partial charge in [0.25, 0.3) is 5.91 Å². The summed E-state index contributed by atoms with van der Waals surface area (Å²) in [4.78, 5) is 16.1. The van der Waals surface area contributed by atoms with Gasteiger partial charge in [-0.15, -0.1) is 10.2 Å². The highest BCUT2D eigenvalue weighted by molar-refractivity contribution is 7.16. The molecule has 2 atom stereocenters. The minimum absolute atomic E-state index is 0.0598. The fraction of sp³-hybridized carbons (Fsp3) is 0.700. The fourth-order valence-corrected chi connectivity index (χ4v) is 2.82. The lowest BCUT2D eigenvalue weighted by molar-refractivity contribution is 0.0780. The number of aromatic nitrogens is 2. The smallest absolute Gasteiger partial charge is 0.284 e. The number of carbonyl (C=O) groups is 1. The molecule has 0 saturated carbocycles. The summed E-state index contributed by atoms with van der Waals surface area (Å²) in [5, 5.41) is 8.19. The van der Waals surface area contributed by atoms with Crippen LogP contribution in [0.15, 0.2) is 0 Å². The molecule has 1 aliphatic heterocycles. The summed E-state index contributed by atoms with van der Waals surface area (Å²) in [6.45, 7) is 3.67. The number of likely N-dealkylation sites (N-methyl/N-ethyl adjacent to an activating group) is 1. The quantitative estimate of drug-likeness (QED) is 0.813. The SMILES string of the molecule is CC1CN(C(=O)c2nnc(N)s2)CC1N(C)C. The summed E-state index contributed by atoms with van der Waals surface area (Å²) < 4.78 is 0. The van der Waals surface area contributed by atoms with E-state index in [1.54, 1.807) is 0 Å². The Kier molecular flexibility index (Phi) is 3.30. The molecule has 0 aromatic carbocycles. The molecule has 2 N–H and O–H groups in total. The number of hydrogen-bond acceptors (Lipinski definition) is 6. The van der Waals surface area contributed by atoms with Crippen molar-refractivity contribution in [2.45, 2.75) is 13.0 Å². The van der Waals surface area contributed by atoms with Crippen LogP contribution in [0.1, 0.15) is 16.7 Å². The standard InChI is InChI=1S/C10H17N5OS/c1-6-4-15(5-7(6)14(2)3)9(16)8-12-13-10(11)17-8/h6-7H,4-5H2,1-3H3,(H2,11,13). The number of nitrogens with two attached hydrogens (primary N) is 1. The van der Waals surface area contributed by atoms with E-state index in [2.05, 4.69) is 22.0 Å². The summed E-state index contributed by atoms with van der Waals surface area (Å²) in [6.07, 6.45) is 0. The lowest BCUT2D eigenvalue weighted by atomic mass is 10.1. The largest absolute Gasteiger partial charge is 0.374 e. The fourth-order valence-electron chi connectivity index (χ4n) is 2.24. The molecule has 1 fully saturated rings. The van der Waals surface area contributed by atoms with Crippen LogP contribution in [0.2, 0.25) is 0 Å². The number of nitrogens with zero attached hydrogens (tertiary/aromatic N) is 4. The van der Waals surface area contributed by atoms with E-state index in [1.807, 2.05) is 19.0 Å². The van der Waals surface area contributed by atoms with Gasteiger partial charge in [-0.25, -0.2) is 0 Å². The number of likely N-dealkylation sites (tertiary alicyclic amines) is 1. The summed E-state index contributed by atoms with van der Waals surface area (Å²) in [5.41, 5.74) is 5.48. The van der Waals surface area contributed by atoms with Crippen LogP contribution in [0.3, 0.4) is 0 Å². The lowest BCUT2D eigenvalue weighted by Crippen LogP contribution is -2.35. The normalized spacial score (nSPS) is 24.6. The number of rotatable bonds is 2.